The van der Waals surface area contributed by atoms with Crippen LogP contribution < -0.4 is 10.6 Å². The first-order chi connectivity index (χ1) is 18.5. The molecule has 1 aromatic heterocycles. The molecule has 0 spiro atoms. The number of oxime groups is 1. The van der Waals surface area contributed by atoms with Gasteiger partial charge in [-0.2, -0.15) is 0 Å². The van der Waals surface area contributed by atoms with Gasteiger partial charge in [-0.15, -0.1) is 11.3 Å². The highest BCUT2D eigenvalue weighted by Gasteiger charge is 2.39. The lowest BCUT2D eigenvalue weighted by Gasteiger charge is -2.37. The number of nitrogens with two attached hydrogens (primary N) is 1. The van der Waals surface area contributed by atoms with E-state index in [2.05, 4.69) is 15.0 Å². The normalized spacial score (nSPS) is 18.6. The van der Waals surface area contributed by atoms with E-state index in [1.54, 1.807) is 10.3 Å². The number of rotatable bonds is 5. The second-order valence-corrected chi connectivity index (χ2v) is 10.6. The van der Waals surface area contributed by atoms with Gasteiger partial charge in [0, 0.05) is 65.2 Å². The predicted octanol–water partition coefficient (Wildman–Crippen LogP) is 3.12. The number of hydrogen-bond acceptors (Lipinski definition) is 9. The van der Waals surface area contributed by atoms with E-state index in [1.807, 2.05) is 30.3 Å². The maximum Gasteiger partial charge on any atom is 0.278 e. The summed E-state index contributed by atoms with van der Waals surface area (Å²) in [5, 5.41) is 7.57. The van der Waals surface area contributed by atoms with Gasteiger partial charge in [0.15, 0.2) is 10.8 Å². The fourth-order valence-corrected chi connectivity index (χ4v) is 6.40. The lowest BCUT2D eigenvalue weighted by atomic mass is 9.91. The molecular weight excluding hydrogens is 504 g/mol. The summed E-state index contributed by atoms with van der Waals surface area (Å²) in [4.78, 5) is 54.7. The Balaban J connectivity index is 1.25. The van der Waals surface area contributed by atoms with E-state index in [1.165, 1.54) is 23.3 Å². The highest BCUT2D eigenvalue weighted by Crippen LogP contribution is 2.38. The molecule has 0 unspecified atom stereocenters. The second kappa shape index (κ2) is 9.71. The number of thiazole rings is 1. The smallest absolute Gasteiger partial charge is 0.278 e. The minimum Gasteiger partial charge on any atom is -0.398 e. The predicted molar refractivity (Wildman–Crippen MR) is 146 cm³/mol. The number of nitrogens with zero attached hydrogens (tertiary/aromatic N) is 5. The monoisotopic (exact) mass is 532 g/mol. The van der Waals surface area contributed by atoms with Crippen molar-refractivity contribution < 1.29 is 19.2 Å². The molecule has 3 aliphatic rings. The third kappa shape index (κ3) is 3.97. The van der Waals surface area contributed by atoms with Crippen LogP contribution in [0.5, 0.6) is 0 Å². The Morgan fingerprint density at radius 2 is 1.76 bits per heavy atom. The highest BCUT2D eigenvalue weighted by molar-refractivity contribution is 7.13. The molecule has 3 amide bonds. The maximum atomic E-state index is 13.5. The van der Waals surface area contributed by atoms with Crippen molar-refractivity contribution in [3.05, 3.63) is 52.5 Å². The highest BCUT2D eigenvalue weighted by atomic mass is 32.1. The summed E-state index contributed by atoms with van der Waals surface area (Å²) in [5.74, 6) is -0.655. The molecule has 0 radical (unpaired) electrons. The van der Waals surface area contributed by atoms with Crippen molar-refractivity contribution in [3.63, 3.8) is 0 Å². The van der Waals surface area contributed by atoms with E-state index in [0.717, 1.165) is 42.1 Å². The molecule has 1 saturated heterocycles. The number of aromatic nitrogens is 1. The van der Waals surface area contributed by atoms with Crippen LogP contribution in [0, 0.1) is 0 Å². The molecule has 196 valence electrons. The number of piperazine rings is 1. The van der Waals surface area contributed by atoms with Gasteiger partial charge in [0.2, 0.25) is 0 Å². The van der Waals surface area contributed by atoms with Crippen LogP contribution in [-0.2, 0) is 9.63 Å². The molecule has 2 fully saturated rings. The van der Waals surface area contributed by atoms with Crippen LogP contribution in [0.4, 0.5) is 10.8 Å². The number of carbonyl (C=O) groups is 3. The number of benzene rings is 2. The Kier molecular flexibility index (Phi) is 6.22. The van der Waals surface area contributed by atoms with Crippen molar-refractivity contribution in [1.29, 1.82) is 0 Å². The number of nitrogen functional groups attached to an aromatic ring is 1. The Morgan fingerprint density at radius 3 is 2.42 bits per heavy atom. The van der Waals surface area contributed by atoms with Gasteiger partial charge in [-0.05, 0) is 31.0 Å². The maximum absolute atomic E-state index is 13.5. The van der Waals surface area contributed by atoms with Gasteiger partial charge >= 0.3 is 0 Å². The van der Waals surface area contributed by atoms with Crippen molar-refractivity contribution in [2.75, 3.05) is 43.9 Å². The Hall–Kier alpha value is -3.99. The third-order valence-corrected chi connectivity index (χ3v) is 8.34. The summed E-state index contributed by atoms with van der Waals surface area (Å²) >= 11 is 1.24. The van der Waals surface area contributed by atoms with Crippen LogP contribution in [0.3, 0.4) is 0 Å². The summed E-state index contributed by atoms with van der Waals surface area (Å²) in [7, 11) is 1.39. The molecular formula is C27H28N6O4S. The number of amides is 3. The zero-order chi connectivity index (χ0) is 26.4. The fraction of sp³-hybridized carbons (Fsp3) is 0.370. The molecule has 0 bridgehead atoms. The zero-order valence-electron chi connectivity index (χ0n) is 21.1. The van der Waals surface area contributed by atoms with Crippen LogP contribution in [0.2, 0.25) is 0 Å². The lowest BCUT2D eigenvalue weighted by Crippen LogP contribution is -2.51. The van der Waals surface area contributed by atoms with Gasteiger partial charge in [-0.3, -0.25) is 19.3 Å². The summed E-state index contributed by atoms with van der Waals surface area (Å²) in [6.45, 7) is 2.11. The molecule has 2 N–H and O–H groups in total. The quantitative estimate of drug-likeness (QED) is 0.304. The van der Waals surface area contributed by atoms with E-state index >= 15 is 0 Å². The second-order valence-electron chi connectivity index (χ2n) is 9.75. The van der Waals surface area contributed by atoms with Crippen molar-refractivity contribution in [1.82, 2.24) is 14.8 Å². The first kappa shape index (κ1) is 24.4. The van der Waals surface area contributed by atoms with E-state index in [4.69, 9.17) is 10.6 Å². The van der Waals surface area contributed by atoms with Crippen LogP contribution in [0.1, 0.15) is 52.1 Å². The van der Waals surface area contributed by atoms with E-state index in [0.29, 0.717) is 48.1 Å². The fourth-order valence-electron chi connectivity index (χ4n) is 5.85. The standard InChI is InChI=1S/C27H28N6O4S/c1-37-30-23(20-15-38-27(28)29-20)26(36)32-13-11-31(12-14-32)21-10-9-19-22-17(21)7-4-8-18(22)24(34)33(25(19)35)16-5-2-3-6-16/h4,7-10,15-16H,2-3,5-6,11-14H2,1H3,(H2,28,29)/b30-23-. The minimum atomic E-state index is -0.267. The first-order valence-corrected chi connectivity index (χ1v) is 13.7. The van der Waals surface area contributed by atoms with Crippen molar-refractivity contribution in [2.45, 2.75) is 31.7 Å². The van der Waals surface area contributed by atoms with Crippen molar-refractivity contribution >= 4 is 56.4 Å². The number of hydrogen-bond donors (Lipinski definition) is 1. The molecule has 1 aliphatic carbocycles. The van der Waals surface area contributed by atoms with Gasteiger partial charge in [0.1, 0.15) is 12.8 Å². The number of carbonyl (C=O) groups excluding carboxylic acids is 3. The molecule has 0 atom stereocenters. The Labute approximate surface area is 223 Å². The van der Waals surface area contributed by atoms with Gasteiger partial charge in [0.05, 0.1) is 0 Å². The Bertz CT molecular complexity index is 1450. The van der Waals surface area contributed by atoms with Crippen molar-refractivity contribution in [3.8, 4) is 0 Å². The van der Waals surface area contributed by atoms with Crippen molar-refractivity contribution in [2.24, 2.45) is 5.16 Å². The number of anilines is 2. The van der Waals surface area contributed by atoms with E-state index in [9.17, 15) is 14.4 Å². The third-order valence-electron chi connectivity index (χ3n) is 7.66. The molecule has 3 heterocycles. The lowest BCUT2D eigenvalue weighted by molar-refractivity contribution is -0.124. The van der Waals surface area contributed by atoms with Gasteiger partial charge in [0.25, 0.3) is 17.7 Å². The molecule has 2 aliphatic heterocycles. The topological polar surface area (TPSA) is 121 Å². The molecule has 1 saturated carbocycles. The number of imide groups is 1. The van der Waals surface area contributed by atoms with Crippen LogP contribution in [0.25, 0.3) is 10.8 Å². The average Bonchev–Trinajstić information content (AvgIpc) is 3.62. The molecule has 2 aromatic carbocycles. The van der Waals surface area contributed by atoms with Crippen LogP contribution in [0.15, 0.2) is 40.9 Å². The summed E-state index contributed by atoms with van der Waals surface area (Å²) in [5.41, 5.74) is 8.39. The van der Waals surface area contributed by atoms with E-state index in [-0.39, 0.29) is 29.5 Å². The van der Waals surface area contributed by atoms with Gasteiger partial charge in [-0.1, -0.05) is 30.1 Å². The molecule has 38 heavy (non-hydrogen) atoms. The first-order valence-electron chi connectivity index (χ1n) is 12.8. The molecule has 10 nitrogen and oxygen atoms in total. The molecule has 3 aromatic rings. The summed E-state index contributed by atoms with van der Waals surface area (Å²) < 4.78 is 0. The van der Waals surface area contributed by atoms with Crippen LogP contribution in [-0.4, -0.2) is 77.5 Å². The van der Waals surface area contributed by atoms with E-state index < -0.39 is 0 Å². The zero-order valence-corrected chi connectivity index (χ0v) is 21.9. The van der Waals surface area contributed by atoms with Gasteiger partial charge in [-0.25, -0.2) is 4.98 Å². The SMILES string of the molecule is CO/N=C(\C(=O)N1CCN(c2ccc3c4c(cccc24)C(=O)N(C2CCCC2)C3=O)CC1)c1csc(N)n1. The Morgan fingerprint density at radius 1 is 1.05 bits per heavy atom. The summed E-state index contributed by atoms with van der Waals surface area (Å²) in [6.07, 6.45) is 3.83. The molecule has 6 rings (SSSR count). The average molecular weight is 533 g/mol. The van der Waals surface area contributed by atoms with Crippen LogP contribution >= 0.6 is 11.3 Å². The van der Waals surface area contributed by atoms with Gasteiger partial charge < -0.3 is 20.4 Å². The molecule has 11 heteroatoms. The largest absolute Gasteiger partial charge is 0.398 e. The minimum absolute atomic E-state index is 0.0176. The summed E-state index contributed by atoms with van der Waals surface area (Å²) in [6, 6.07) is 9.48.